The number of nitrogens with two attached hydrogens (primary N) is 1. The van der Waals surface area contributed by atoms with Crippen LogP contribution in [0.1, 0.15) is 206 Å². The van der Waals surface area contributed by atoms with Gasteiger partial charge in [0.1, 0.15) is 18.2 Å². The summed E-state index contributed by atoms with van der Waals surface area (Å²) in [4.78, 5) is 67.4. The van der Waals surface area contributed by atoms with Gasteiger partial charge >= 0.3 is 5.69 Å². The number of aliphatic hydroxyl groups excluding tert-OH is 1. The molecule has 0 aliphatic carbocycles. The van der Waals surface area contributed by atoms with Gasteiger partial charge in [0, 0.05) is 38.1 Å². The minimum absolute atomic E-state index is 0.0162. The molecule has 2 rings (SSSR count). The number of hydrogen-bond acceptors (Lipinski definition) is 9. The Kier molecular flexibility index (Phi) is 26.1. The molecule has 0 radical (unpaired) electrons. The molecule has 322 valence electrons. The number of Topliss-reactive ketones (excluding diaryl/α,β-unsaturated/α-hetero) is 2. The Morgan fingerprint density at radius 1 is 0.732 bits per heavy atom. The summed E-state index contributed by atoms with van der Waals surface area (Å²) in [5.41, 5.74) is 1.49. The average Bonchev–Trinajstić information content (AvgIpc) is 3.46. The highest BCUT2D eigenvalue weighted by Gasteiger charge is 2.64. The van der Waals surface area contributed by atoms with E-state index >= 15 is 0 Å². The molecule has 1 saturated heterocycles. The van der Waals surface area contributed by atoms with Gasteiger partial charge in [-0.3, -0.25) is 28.7 Å². The van der Waals surface area contributed by atoms with Crippen molar-refractivity contribution in [3.63, 3.8) is 0 Å². The fraction of sp³-hybridized carbons (Fsp3) is 0.841. The van der Waals surface area contributed by atoms with Crippen LogP contribution in [0.5, 0.6) is 0 Å². The summed E-state index contributed by atoms with van der Waals surface area (Å²) in [5, 5.41) is 26.4. The first-order chi connectivity index (χ1) is 27.1. The first-order valence-corrected chi connectivity index (χ1v) is 22.5. The molecule has 1 aliphatic heterocycles. The van der Waals surface area contributed by atoms with Gasteiger partial charge in [0.05, 0.1) is 0 Å². The number of unbranched alkanes of at least 4 members (excludes halogenated alkanes) is 24. The lowest BCUT2D eigenvalue weighted by molar-refractivity contribution is -0.161. The van der Waals surface area contributed by atoms with E-state index in [0.29, 0.717) is 12.8 Å². The Balaban J connectivity index is 2.03. The molecule has 1 aliphatic rings. The third kappa shape index (κ3) is 17.9. The van der Waals surface area contributed by atoms with Crippen molar-refractivity contribution in [1.82, 2.24) is 14.9 Å². The zero-order valence-corrected chi connectivity index (χ0v) is 35.0. The second kappa shape index (κ2) is 29.5. The van der Waals surface area contributed by atoms with Gasteiger partial charge in [-0.1, -0.05) is 168 Å². The highest BCUT2D eigenvalue weighted by Crippen LogP contribution is 2.40. The van der Waals surface area contributed by atoms with Crippen molar-refractivity contribution in [2.24, 2.45) is 5.73 Å². The minimum atomic E-state index is -2.55. The van der Waals surface area contributed by atoms with Crippen LogP contribution in [0.4, 0.5) is 0 Å². The van der Waals surface area contributed by atoms with Gasteiger partial charge < -0.3 is 26.0 Å². The van der Waals surface area contributed by atoms with E-state index in [1.165, 1.54) is 103 Å². The maximum absolute atomic E-state index is 14.1. The molecule has 6 N–H and O–H groups in total. The molecule has 1 amide bonds. The molecule has 5 atom stereocenters. The smallest absolute Gasteiger partial charge is 0.330 e. The molecule has 12 nitrogen and oxygen atoms in total. The Labute approximate surface area is 336 Å². The number of amides is 1. The highest BCUT2D eigenvalue weighted by atomic mass is 16.6. The van der Waals surface area contributed by atoms with Gasteiger partial charge in [0.2, 0.25) is 5.91 Å². The standard InChI is InChI=1S/C44H78N4O8/c1-3-5-7-9-11-13-15-17-19-21-23-25-27-29-35(49)39(53)41-44(55,36(50)30-28-26-24-22-20-18-16-14-12-10-8-6-4-2)40(46-37(51)31-33-45)42(56-41)48-34-32-38(52)47-43(48)54/h32,34,39-42,53,55H,3-31,33,45H2,1-2H3,(H,46,51)(H,47,52,54)/t39?,40-,41+,42+,44-/m0/s1. The van der Waals surface area contributed by atoms with Crippen LogP contribution in [0.2, 0.25) is 0 Å². The molecule has 0 aromatic carbocycles. The van der Waals surface area contributed by atoms with Crippen molar-refractivity contribution in [1.29, 1.82) is 0 Å². The number of H-pyrrole nitrogens is 1. The molecular weight excluding hydrogens is 713 g/mol. The summed E-state index contributed by atoms with van der Waals surface area (Å²) >= 11 is 0. The average molecular weight is 791 g/mol. The number of aliphatic hydroxyl groups is 2. The lowest BCUT2D eigenvalue weighted by Crippen LogP contribution is -2.64. The normalized spacial score (nSPS) is 20.0. The predicted octanol–water partition coefficient (Wildman–Crippen LogP) is 7.46. The van der Waals surface area contributed by atoms with Gasteiger partial charge in [-0.15, -0.1) is 0 Å². The molecular formula is C44H78N4O8. The van der Waals surface area contributed by atoms with E-state index in [9.17, 15) is 34.2 Å². The molecule has 2 heterocycles. The first-order valence-electron chi connectivity index (χ1n) is 22.5. The van der Waals surface area contributed by atoms with E-state index in [0.717, 1.165) is 68.2 Å². The van der Waals surface area contributed by atoms with Gasteiger partial charge in [0.15, 0.2) is 23.4 Å². The molecule has 56 heavy (non-hydrogen) atoms. The van der Waals surface area contributed by atoms with Crippen LogP contribution < -0.4 is 22.3 Å². The predicted molar refractivity (Wildman–Crippen MR) is 222 cm³/mol. The first kappa shape index (κ1) is 49.5. The zero-order valence-electron chi connectivity index (χ0n) is 35.0. The van der Waals surface area contributed by atoms with Crippen LogP contribution >= 0.6 is 0 Å². The number of ether oxygens (including phenoxy) is 1. The van der Waals surface area contributed by atoms with Crippen molar-refractivity contribution in [3.05, 3.63) is 33.1 Å². The van der Waals surface area contributed by atoms with Crippen LogP contribution in [0.15, 0.2) is 21.9 Å². The van der Waals surface area contributed by atoms with E-state index in [2.05, 4.69) is 24.1 Å². The number of rotatable bonds is 35. The van der Waals surface area contributed by atoms with Crippen LogP contribution in [-0.2, 0) is 19.1 Å². The Hall–Kier alpha value is -2.67. The van der Waals surface area contributed by atoms with Gasteiger partial charge in [0.25, 0.3) is 5.56 Å². The van der Waals surface area contributed by atoms with Crippen LogP contribution in [0.25, 0.3) is 0 Å². The summed E-state index contributed by atoms with van der Waals surface area (Å²) in [6.07, 6.45) is 25.0. The van der Waals surface area contributed by atoms with E-state index in [4.69, 9.17) is 10.5 Å². The summed E-state index contributed by atoms with van der Waals surface area (Å²) in [6.45, 7) is 4.44. The van der Waals surface area contributed by atoms with Gasteiger partial charge in [-0.25, -0.2) is 4.79 Å². The molecule has 1 fully saturated rings. The third-order valence-corrected chi connectivity index (χ3v) is 11.4. The van der Waals surface area contributed by atoms with E-state index in [1.54, 1.807) is 0 Å². The molecule has 0 spiro atoms. The van der Waals surface area contributed by atoms with Crippen molar-refractivity contribution < 1.29 is 29.3 Å². The van der Waals surface area contributed by atoms with Crippen LogP contribution in [0.3, 0.4) is 0 Å². The van der Waals surface area contributed by atoms with E-state index in [-0.39, 0.29) is 25.8 Å². The van der Waals surface area contributed by atoms with Crippen molar-refractivity contribution in [2.45, 2.75) is 230 Å². The lowest BCUT2D eigenvalue weighted by Gasteiger charge is -2.34. The number of nitrogens with zero attached hydrogens (tertiary/aromatic N) is 1. The maximum atomic E-state index is 14.1. The molecule has 0 bridgehead atoms. The number of carbonyl (C=O) groups is 3. The topological polar surface area (TPSA) is 194 Å². The number of carbonyl (C=O) groups excluding carboxylic acids is 3. The molecule has 1 aromatic rings. The van der Waals surface area contributed by atoms with Crippen molar-refractivity contribution >= 4 is 17.5 Å². The monoisotopic (exact) mass is 791 g/mol. The van der Waals surface area contributed by atoms with E-state index in [1.807, 2.05) is 0 Å². The molecule has 1 unspecified atom stereocenters. The number of aromatic amines is 1. The Morgan fingerprint density at radius 2 is 1.16 bits per heavy atom. The number of nitrogens with one attached hydrogen (secondary N) is 2. The number of aromatic nitrogens is 2. The molecule has 0 saturated carbocycles. The van der Waals surface area contributed by atoms with Gasteiger partial charge in [-0.05, 0) is 12.8 Å². The lowest BCUT2D eigenvalue weighted by atomic mass is 9.80. The Morgan fingerprint density at radius 3 is 1.59 bits per heavy atom. The highest BCUT2D eigenvalue weighted by molar-refractivity contribution is 5.92. The van der Waals surface area contributed by atoms with Gasteiger partial charge in [-0.2, -0.15) is 0 Å². The van der Waals surface area contributed by atoms with Crippen LogP contribution in [0, 0.1) is 0 Å². The Bertz CT molecular complexity index is 1350. The second-order valence-electron chi connectivity index (χ2n) is 16.2. The van der Waals surface area contributed by atoms with Crippen LogP contribution in [-0.4, -0.2) is 67.6 Å². The molecule has 12 heteroatoms. The SMILES string of the molecule is CCCCCCCCCCCCCCCC(=O)C(O)[C@H]1O[C@@H](n2ccc(=O)[nH]c2=O)[C@H](NC(=O)CCN)[C@@]1(O)C(=O)CCCCCCCCCCCCCCC. The number of ketones is 2. The zero-order chi connectivity index (χ0) is 41.0. The summed E-state index contributed by atoms with van der Waals surface area (Å²) in [5.74, 6) is -1.90. The van der Waals surface area contributed by atoms with Crippen molar-refractivity contribution in [3.8, 4) is 0 Å². The quantitative estimate of drug-likeness (QED) is 0.0434. The minimum Gasteiger partial charge on any atom is -0.382 e. The summed E-state index contributed by atoms with van der Waals surface area (Å²) in [6, 6.07) is -0.481. The summed E-state index contributed by atoms with van der Waals surface area (Å²) in [7, 11) is 0. The second-order valence-corrected chi connectivity index (χ2v) is 16.2. The largest absolute Gasteiger partial charge is 0.382 e. The fourth-order valence-corrected chi connectivity index (χ4v) is 7.92. The number of hydrogen-bond donors (Lipinski definition) is 5. The van der Waals surface area contributed by atoms with Crippen molar-refractivity contribution in [2.75, 3.05) is 6.54 Å². The third-order valence-electron chi connectivity index (χ3n) is 11.4. The summed E-state index contributed by atoms with van der Waals surface area (Å²) < 4.78 is 7.02. The fourth-order valence-electron chi connectivity index (χ4n) is 7.92. The molecule has 1 aromatic heterocycles. The maximum Gasteiger partial charge on any atom is 0.330 e. The van der Waals surface area contributed by atoms with E-state index < -0.39 is 58.8 Å².